The summed E-state index contributed by atoms with van der Waals surface area (Å²) < 4.78 is 26.5. The van der Waals surface area contributed by atoms with Gasteiger partial charge in [-0.15, -0.1) is 11.3 Å². The molecule has 2 aromatic heterocycles. The fourth-order valence-corrected chi connectivity index (χ4v) is 3.17. The SMILES string of the molecule is Cc1sc(N(C#N)c2cc(F)nc(F)c2)nc1C(=O)NC1CCC1. The fourth-order valence-electron chi connectivity index (χ4n) is 2.29. The Labute approximate surface area is 140 Å². The molecule has 2 heterocycles. The molecule has 0 aromatic carbocycles. The van der Waals surface area contributed by atoms with Gasteiger partial charge in [0, 0.05) is 23.1 Å². The van der Waals surface area contributed by atoms with Gasteiger partial charge < -0.3 is 5.32 Å². The van der Waals surface area contributed by atoms with Gasteiger partial charge in [0.1, 0.15) is 5.69 Å². The third-order valence-electron chi connectivity index (χ3n) is 3.74. The number of carbonyl (C=O) groups excluding carboxylic acids is 1. The average Bonchev–Trinajstić information content (AvgIpc) is 2.84. The van der Waals surface area contributed by atoms with Crippen molar-refractivity contribution in [3.05, 3.63) is 34.6 Å². The monoisotopic (exact) mass is 349 g/mol. The number of rotatable bonds is 4. The number of nitrogens with one attached hydrogen (secondary N) is 1. The van der Waals surface area contributed by atoms with Crippen LogP contribution in [0.4, 0.5) is 19.6 Å². The van der Waals surface area contributed by atoms with Crippen molar-refractivity contribution in [1.82, 2.24) is 15.3 Å². The average molecular weight is 349 g/mol. The first-order chi connectivity index (χ1) is 11.5. The van der Waals surface area contributed by atoms with Crippen LogP contribution >= 0.6 is 11.3 Å². The molecule has 3 rings (SSSR count). The van der Waals surface area contributed by atoms with E-state index in [0.717, 1.165) is 47.6 Å². The zero-order chi connectivity index (χ0) is 17.3. The Morgan fingerprint density at radius 2 is 2.04 bits per heavy atom. The number of nitrogens with zero attached hydrogens (tertiary/aromatic N) is 4. The topological polar surface area (TPSA) is 81.9 Å². The number of anilines is 2. The van der Waals surface area contributed by atoms with Crippen LogP contribution < -0.4 is 10.2 Å². The molecule has 0 bridgehead atoms. The summed E-state index contributed by atoms with van der Waals surface area (Å²) in [4.78, 5) is 21.0. The van der Waals surface area contributed by atoms with E-state index < -0.39 is 11.9 Å². The summed E-state index contributed by atoms with van der Waals surface area (Å²) in [6.07, 6.45) is 4.80. The third kappa shape index (κ3) is 3.19. The van der Waals surface area contributed by atoms with Gasteiger partial charge in [-0.1, -0.05) is 0 Å². The van der Waals surface area contributed by atoms with Crippen molar-refractivity contribution in [3.8, 4) is 6.19 Å². The Hall–Kier alpha value is -2.60. The number of aromatic nitrogens is 2. The highest BCUT2D eigenvalue weighted by molar-refractivity contribution is 7.16. The number of thiazole rings is 1. The van der Waals surface area contributed by atoms with Crippen LogP contribution in [0.2, 0.25) is 0 Å². The summed E-state index contributed by atoms with van der Waals surface area (Å²) in [5.41, 5.74) is 0.180. The second-order valence-corrected chi connectivity index (χ2v) is 6.59. The number of hydrogen-bond acceptors (Lipinski definition) is 6. The van der Waals surface area contributed by atoms with E-state index in [1.54, 1.807) is 6.92 Å². The first-order valence-electron chi connectivity index (χ1n) is 7.29. The van der Waals surface area contributed by atoms with Gasteiger partial charge >= 0.3 is 0 Å². The van der Waals surface area contributed by atoms with Crippen molar-refractivity contribution in [2.45, 2.75) is 32.2 Å². The minimum atomic E-state index is -1.04. The number of nitriles is 1. The molecule has 0 atom stereocenters. The molecule has 124 valence electrons. The lowest BCUT2D eigenvalue weighted by atomic mass is 9.93. The van der Waals surface area contributed by atoms with E-state index >= 15 is 0 Å². The van der Waals surface area contributed by atoms with E-state index in [2.05, 4.69) is 15.3 Å². The highest BCUT2D eigenvalue weighted by Gasteiger charge is 2.25. The summed E-state index contributed by atoms with van der Waals surface area (Å²) in [5, 5.41) is 12.4. The van der Waals surface area contributed by atoms with Gasteiger partial charge in [-0.25, -0.2) is 9.88 Å². The van der Waals surface area contributed by atoms with Crippen molar-refractivity contribution < 1.29 is 13.6 Å². The minimum Gasteiger partial charge on any atom is -0.348 e. The summed E-state index contributed by atoms with van der Waals surface area (Å²) >= 11 is 1.10. The molecule has 9 heteroatoms. The Morgan fingerprint density at radius 3 is 2.58 bits per heavy atom. The summed E-state index contributed by atoms with van der Waals surface area (Å²) in [7, 11) is 0. The molecule has 6 nitrogen and oxygen atoms in total. The van der Waals surface area contributed by atoms with Crippen molar-refractivity contribution in [1.29, 1.82) is 5.26 Å². The van der Waals surface area contributed by atoms with Crippen molar-refractivity contribution >= 4 is 28.1 Å². The second-order valence-electron chi connectivity index (χ2n) is 5.41. The minimum absolute atomic E-state index is 0.0396. The largest absolute Gasteiger partial charge is 0.348 e. The zero-order valence-corrected chi connectivity index (χ0v) is 13.5. The molecule has 1 aliphatic rings. The molecule has 0 unspecified atom stereocenters. The molecular formula is C15H13F2N5OS. The van der Waals surface area contributed by atoms with Crippen molar-refractivity contribution in [2.75, 3.05) is 4.90 Å². The lowest BCUT2D eigenvalue weighted by molar-refractivity contribution is 0.0912. The Morgan fingerprint density at radius 1 is 1.38 bits per heavy atom. The maximum atomic E-state index is 13.3. The predicted molar refractivity (Wildman–Crippen MR) is 83.9 cm³/mol. The molecule has 0 saturated heterocycles. The van der Waals surface area contributed by atoms with Gasteiger partial charge in [0.2, 0.25) is 17.0 Å². The molecule has 0 aliphatic heterocycles. The van der Waals surface area contributed by atoms with Crippen LogP contribution in [0, 0.1) is 30.3 Å². The molecule has 0 spiro atoms. The van der Waals surface area contributed by atoms with Crippen LogP contribution in [0.3, 0.4) is 0 Å². The Balaban J connectivity index is 1.89. The number of hydrogen-bond donors (Lipinski definition) is 1. The quantitative estimate of drug-likeness (QED) is 0.521. The van der Waals surface area contributed by atoms with Gasteiger partial charge in [0.15, 0.2) is 6.19 Å². The number of carbonyl (C=O) groups is 1. The molecule has 1 amide bonds. The van der Waals surface area contributed by atoms with Crippen molar-refractivity contribution in [2.24, 2.45) is 0 Å². The molecule has 1 N–H and O–H groups in total. The smallest absolute Gasteiger partial charge is 0.271 e. The number of pyridine rings is 1. The van der Waals surface area contributed by atoms with E-state index in [0.29, 0.717) is 4.88 Å². The Bertz CT molecular complexity index is 808. The molecule has 0 radical (unpaired) electrons. The lowest BCUT2D eigenvalue weighted by Crippen LogP contribution is -2.39. The zero-order valence-electron chi connectivity index (χ0n) is 12.7. The molecule has 24 heavy (non-hydrogen) atoms. The number of halogens is 2. The van der Waals surface area contributed by atoms with Crippen LogP contribution in [0.25, 0.3) is 0 Å². The molecule has 1 aliphatic carbocycles. The molecule has 1 saturated carbocycles. The highest BCUT2D eigenvalue weighted by Crippen LogP contribution is 2.31. The first-order valence-corrected chi connectivity index (χ1v) is 8.11. The summed E-state index contributed by atoms with van der Waals surface area (Å²) in [5.74, 6) is -2.38. The van der Waals surface area contributed by atoms with Gasteiger partial charge in [0.25, 0.3) is 5.91 Å². The van der Waals surface area contributed by atoms with Gasteiger partial charge in [-0.2, -0.15) is 19.0 Å². The highest BCUT2D eigenvalue weighted by atomic mass is 32.1. The predicted octanol–water partition coefficient (Wildman–Crippen LogP) is 3.03. The fraction of sp³-hybridized carbons (Fsp3) is 0.333. The maximum absolute atomic E-state index is 13.3. The van der Waals surface area contributed by atoms with Crippen molar-refractivity contribution in [3.63, 3.8) is 0 Å². The van der Waals surface area contributed by atoms with E-state index in [9.17, 15) is 18.8 Å². The van der Waals surface area contributed by atoms with E-state index in [-0.39, 0.29) is 28.5 Å². The van der Waals surface area contributed by atoms with Crippen LogP contribution in [-0.2, 0) is 0 Å². The van der Waals surface area contributed by atoms with E-state index in [1.165, 1.54) is 0 Å². The van der Waals surface area contributed by atoms with Crippen LogP contribution in [-0.4, -0.2) is 21.9 Å². The second kappa shape index (κ2) is 6.49. The molecule has 1 fully saturated rings. The molecular weight excluding hydrogens is 336 g/mol. The Kier molecular flexibility index (Phi) is 4.40. The van der Waals surface area contributed by atoms with Crippen LogP contribution in [0.5, 0.6) is 0 Å². The number of aryl methyl sites for hydroxylation is 1. The summed E-state index contributed by atoms with van der Waals surface area (Å²) in [6.45, 7) is 1.71. The van der Waals surface area contributed by atoms with Gasteiger partial charge in [0.05, 0.1) is 5.69 Å². The van der Waals surface area contributed by atoms with Crippen LogP contribution in [0.1, 0.15) is 34.6 Å². The maximum Gasteiger partial charge on any atom is 0.271 e. The number of amides is 1. The van der Waals surface area contributed by atoms with Crippen LogP contribution in [0.15, 0.2) is 12.1 Å². The van der Waals surface area contributed by atoms with E-state index in [4.69, 9.17) is 0 Å². The molecule has 2 aromatic rings. The first kappa shape index (κ1) is 16.3. The van der Waals surface area contributed by atoms with Gasteiger partial charge in [-0.3, -0.25) is 4.79 Å². The lowest BCUT2D eigenvalue weighted by Gasteiger charge is -2.26. The third-order valence-corrected chi connectivity index (χ3v) is 4.69. The van der Waals surface area contributed by atoms with Gasteiger partial charge in [-0.05, 0) is 26.2 Å². The summed E-state index contributed by atoms with van der Waals surface area (Å²) in [6, 6.07) is 2.02. The van der Waals surface area contributed by atoms with E-state index in [1.807, 2.05) is 6.19 Å². The standard InChI is InChI=1S/C15H13F2N5OS/c1-8-13(14(23)19-9-3-2-4-9)21-15(24-8)22(7-18)10-5-11(16)20-12(17)6-10/h5-6,9H,2-4H2,1H3,(H,19,23). The normalized spacial score (nSPS) is 13.9.